The van der Waals surface area contributed by atoms with Crippen LogP contribution in [0.2, 0.25) is 0 Å². The number of amides is 1. The lowest BCUT2D eigenvalue weighted by molar-refractivity contribution is 0.102. The van der Waals surface area contributed by atoms with Gasteiger partial charge in [-0.05, 0) is 49.6 Å². The van der Waals surface area contributed by atoms with E-state index in [-0.39, 0.29) is 5.91 Å². The minimum Gasteiger partial charge on any atom is -0.372 e. The molecule has 1 fully saturated rings. The lowest BCUT2D eigenvalue weighted by atomic mass is 10.1. The number of carbonyl (C=O) groups is 1. The molecule has 1 aliphatic rings. The molecule has 1 amide bonds. The van der Waals surface area contributed by atoms with Crippen molar-refractivity contribution in [2.24, 2.45) is 0 Å². The van der Waals surface area contributed by atoms with Crippen LogP contribution in [0.15, 0.2) is 48.9 Å². The molecule has 25 heavy (non-hydrogen) atoms. The van der Waals surface area contributed by atoms with Crippen LogP contribution in [0.3, 0.4) is 0 Å². The Bertz CT molecular complexity index is 888. The molecule has 0 radical (unpaired) electrons. The molecule has 1 aliphatic heterocycles. The van der Waals surface area contributed by atoms with Crippen molar-refractivity contribution in [2.75, 3.05) is 23.3 Å². The Kier molecular flexibility index (Phi) is 4.24. The maximum atomic E-state index is 12.4. The summed E-state index contributed by atoms with van der Waals surface area (Å²) in [5.74, 6) is -0.203. The Morgan fingerprint density at radius 1 is 0.960 bits per heavy atom. The number of nitrogens with zero attached hydrogens (tertiary/aromatic N) is 4. The van der Waals surface area contributed by atoms with Gasteiger partial charge in [0, 0.05) is 43.1 Å². The van der Waals surface area contributed by atoms with E-state index in [4.69, 9.17) is 0 Å². The van der Waals surface area contributed by atoms with E-state index in [1.54, 1.807) is 18.5 Å². The van der Waals surface area contributed by atoms with E-state index in [1.165, 1.54) is 31.1 Å². The topological polar surface area (TPSA) is 71.0 Å². The number of nitrogens with one attached hydrogen (secondary N) is 1. The molecule has 126 valence electrons. The average molecular weight is 333 g/mol. The van der Waals surface area contributed by atoms with Crippen molar-refractivity contribution in [3.8, 4) is 0 Å². The molecule has 0 aliphatic carbocycles. The SMILES string of the molecule is O=C(Nc1ccc(N2CCCCC2)cc1)c1cnc2nccnc2c1. The summed E-state index contributed by atoms with van der Waals surface area (Å²) < 4.78 is 0. The van der Waals surface area contributed by atoms with Gasteiger partial charge in [-0.3, -0.25) is 9.78 Å². The summed E-state index contributed by atoms with van der Waals surface area (Å²) in [7, 11) is 0. The van der Waals surface area contributed by atoms with Gasteiger partial charge in [0.15, 0.2) is 5.65 Å². The van der Waals surface area contributed by atoms with Crippen LogP contribution in [-0.2, 0) is 0 Å². The van der Waals surface area contributed by atoms with Crippen molar-refractivity contribution in [3.63, 3.8) is 0 Å². The first-order valence-corrected chi connectivity index (χ1v) is 8.53. The molecule has 1 saturated heterocycles. The van der Waals surface area contributed by atoms with Crippen LogP contribution in [-0.4, -0.2) is 33.9 Å². The zero-order chi connectivity index (χ0) is 17.1. The maximum Gasteiger partial charge on any atom is 0.257 e. The van der Waals surface area contributed by atoms with E-state index in [2.05, 4.69) is 37.3 Å². The second-order valence-corrected chi connectivity index (χ2v) is 6.17. The minimum absolute atomic E-state index is 0.203. The van der Waals surface area contributed by atoms with Gasteiger partial charge in [-0.25, -0.2) is 9.97 Å². The fourth-order valence-corrected chi connectivity index (χ4v) is 3.09. The highest BCUT2D eigenvalue weighted by atomic mass is 16.1. The van der Waals surface area contributed by atoms with Crippen LogP contribution in [0, 0.1) is 0 Å². The molecular weight excluding hydrogens is 314 g/mol. The second-order valence-electron chi connectivity index (χ2n) is 6.17. The number of benzene rings is 1. The molecule has 6 heteroatoms. The number of anilines is 2. The van der Waals surface area contributed by atoms with E-state index < -0.39 is 0 Å². The molecule has 0 spiro atoms. The van der Waals surface area contributed by atoms with E-state index in [9.17, 15) is 4.79 Å². The van der Waals surface area contributed by atoms with Gasteiger partial charge in [0.1, 0.15) is 5.52 Å². The normalized spacial score (nSPS) is 14.5. The highest BCUT2D eigenvalue weighted by Gasteiger charge is 2.12. The average Bonchev–Trinajstić information content (AvgIpc) is 2.69. The Morgan fingerprint density at radius 2 is 1.72 bits per heavy atom. The first-order chi connectivity index (χ1) is 12.3. The molecular formula is C19H19N5O. The molecule has 0 unspecified atom stereocenters. The van der Waals surface area contributed by atoms with Crippen molar-refractivity contribution in [3.05, 3.63) is 54.5 Å². The molecule has 2 aromatic heterocycles. The van der Waals surface area contributed by atoms with Gasteiger partial charge in [-0.2, -0.15) is 0 Å². The van der Waals surface area contributed by atoms with Crippen molar-refractivity contribution in [1.82, 2.24) is 15.0 Å². The Hall–Kier alpha value is -3.02. The van der Waals surface area contributed by atoms with Gasteiger partial charge in [0.2, 0.25) is 0 Å². The van der Waals surface area contributed by atoms with E-state index in [0.29, 0.717) is 16.7 Å². The first-order valence-electron chi connectivity index (χ1n) is 8.53. The fourth-order valence-electron chi connectivity index (χ4n) is 3.09. The number of piperidine rings is 1. The lowest BCUT2D eigenvalue weighted by Gasteiger charge is -2.28. The van der Waals surface area contributed by atoms with Crippen molar-refractivity contribution in [1.29, 1.82) is 0 Å². The summed E-state index contributed by atoms with van der Waals surface area (Å²) in [6, 6.07) is 9.70. The molecule has 1 N–H and O–H groups in total. The Balaban J connectivity index is 1.47. The number of aromatic nitrogens is 3. The summed E-state index contributed by atoms with van der Waals surface area (Å²) in [5.41, 5.74) is 3.58. The number of carbonyl (C=O) groups excluding carboxylic acids is 1. The van der Waals surface area contributed by atoms with Gasteiger partial charge in [0.25, 0.3) is 5.91 Å². The number of hydrogen-bond donors (Lipinski definition) is 1. The van der Waals surface area contributed by atoms with E-state index in [0.717, 1.165) is 18.8 Å². The molecule has 0 bridgehead atoms. The Morgan fingerprint density at radius 3 is 2.52 bits per heavy atom. The molecule has 0 saturated carbocycles. The molecule has 6 nitrogen and oxygen atoms in total. The largest absolute Gasteiger partial charge is 0.372 e. The zero-order valence-electron chi connectivity index (χ0n) is 13.9. The van der Waals surface area contributed by atoms with Gasteiger partial charge in [0.05, 0.1) is 5.56 Å². The third-order valence-corrected chi connectivity index (χ3v) is 4.43. The van der Waals surface area contributed by atoms with Crippen LogP contribution < -0.4 is 10.2 Å². The molecule has 0 atom stereocenters. The van der Waals surface area contributed by atoms with Crippen LogP contribution in [0.25, 0.3) is 11.2 Å². The number of fused-ring (bicyclic) bond motifs is 1. The number of rotatable bonds is 3. The van der Waals surface area contributed by atoms with Crippen molar-refractivity contribution < 1.29 is 4.79 Å². The minimum atomic E-state index is -0.203. The van der Waals surface area contributed by atoms with Crippen LogP contribution in [0.1, 0.15) is 29.6 Å². The number of pyridine rings is 1. The second kappa shape index (κ2) is 6.84. The highest BCUT2D eigenvalue weighted by molar-refractivity contribution is 6.05. The monoisotopic (exact) mass is 333 g/mol. The van der Waals surface area contributed by atoms with Gasteiger partial charge < -0.3 is 10.2 Å². The van der Waals surface area contributed by atoms with Crippen LogP contribution in [0.5, 0.6) is 0 Å². The Labute approximate surface area is 145 Å². The van der Waals surface area contributed by atoms with Gasteiger partial charge in [-0.15, -0.1) is 0 Å². The number of hydrogen-bond acceptors (Lipinski definition) is 5. The summed E-state index contributed by atoms with van der Waals surface area (Å²) in [6.45, 7) is 2.21. The van der Waals surface area contributed by atoms with Crippen LogP contribution in [0.4, 0.5) is 11.4 Å². The maximum absolute atomic E-state index is 12.4. The lowest BCUT2D eigenvalue weighted by Crippen LogP contribution is -2.29. The summed E-state index contributed by atoms with van der Waals surface area (Å²) in [4.78, 5) is 27.3. The third kappa shape index (κ3) is 3.42. The summed E-state index contributed by atoms with van der Waals surface area (Å²) in [6.07, 6.45) is 8.50. The zero-order valence-corrected chi connectivity index (χ0v) is 13.9. The molecule has 3 aromatic rings. The summed E-state index contributed by atoms with van der Waals surface area (Å²) >= 11 is 0. The highest BCUT2D eigenvalue weighted by Crippen LogP contribution is 2.22. The van der Waals surface area contributed by atoms with E-state index >= 15 is 0 Å². The third-order valence-electron chi connectivity index (χ3n) is 4.43. The quantitative estimate of drug-likeness (QED) is 0.796. The molecule has 4 rings (SSSR count). The molecule has 1 aromatic carbocycles. The smallest absolute Gasteiger partial charge is 0.257 e. The van der Waals surface area contributed by atoms with Gasteiger partial charge in [-0.1, -0.05) is 0 Å². The predicted molar refractivity (Wildman–Crippen MR) is 97.8 cm³/mol. The standard InChI is InChI=1S/C19H19N5O/c25-19(14-12-17-18(22-13-14)21-9-8-20-17)23-15-4-6-16(7-5-15)24-10-2-1-3-11-24/h4-9,12-13H,1-3,10-11H2,(H,23,25). The first kappa shape index (κ1) is 15.5. The fraction of sp³-hybridized carbons (Fsp3) is 0.263. The van der Waals surface area contributed by atoms with Gasteiger partial charge >= 0.3 is 0 Å². The predicted octanol–water partition coefficient (Wildman–Crippen LogP) is 3.27. The van der Waals surface area contributed by atoms with E-state index in [1.807, 2.05) is 12.1 Å². The summed E-state index contributed by atoms with van der Waals surface area (Å²) in [5, 5.41) is 2.91. The van der Waals surface area contributed by atoms with Crippen LogP contribution >= 0.6 is 0 Å². The molecule has 3 heterocycles. The van der Waals surface area contributed by atoms with Crippen molar-refractivity contribution >= 4 is 28.4 Å². The van der Waals surface area contributed by atoms with Crippen molar-refractivity contribution in [2.45, 2.75) is 19.3 Å².